The second-order valence-electron chi connectivity index (χ2n) is 3.89. The van der Waals surface area contributed by atoms with Gasteiger partial charge < -0.3 is 9.84 Å². The molecule has 1 saturated heterocycles. The Morgan fingerprint density at radius 2 is 2.42 bits per heavy atom. The number of cyclic esters (lactones) is 1. The highest BCUT2D eigenvalue weighted by atomic mass is 16.5. The normalized spacial score (nSPS) is 52.2. The van der Waals surface area contributed by atoms with Gasteiger partial charge in [-0.3, -0.25) is 4.79 Å². The second kappa shape index (κ2) is 2.25. The molecular weight excluding hydrogens is 155 g/mol. The van der Waals surface area contributed by atoms with Gasteiger partial charge in [0.05, 0.1) is 25.9 Å². The Labute approximate surface area is 72.5 Å². The summed E-state index contributed by atoms with van der Waals surface area (Å²) in [5.41, 5.74) is 0. The molecule has 1 heterocycles. The molecule has 1 aliphatic heterocycles. The van der Waals surface area contributed by atoms with E-state index in [1.807, 2.05) is 6.92 Å². The number of fused-ring (bicyclic) bond motifs is 1. The molecule has 1 N–H and O–H groups in total. The van der Waals surface area contributed by atoms with Gasteiger partial charge in [-0.25, -0.2) is 0 Å². The van der Waals surface area contributed by atoms with Crippen molar-refractivity contribution in [2.24, 2.45) is 11.8 Å². The van der Waals surface area contributed by atoms with Gasteiger partial charge in [0.2, 0.25) is 0 Å². The van der Waals surface area contributed by atoms with Crippen molar-refractivity contribution in [3.8, 4) is 0 Å². The molecule has 2 rings (SSSR count). The summed E-state index contributed by atoms with van der Waals surface area (Å²) in [4.78, 5) is 11.2. The van der Waals surface area contributed by atoms with Crippen LogP contribution in [0.5, 0.6) is 0 Å². The maximum Gasteiger partial charge on any atom is 0.306 e. The van der Waals surface area contributed by atoms with Crippen LogP contribution in [0.3, 0.4) is 0 Å². The highest BCUT2D eigenvalue weighted by molar-refractivity contribution is 6.28. The van der Waals surface area contributed by atoms with Gasteiger partial charge >= 0.3 is 5.97 Å². The van der Waals surface area contributed by atoms with Gasteiger partial charge in [0.15, 0.2) is 0 Å². The standard InChI is InChI=1S/C8H11BO3/c1-4-2-5-3-12-7(11)8(5,9)6(4)10/h4-6,10H,2-3H2,1H3/t4?,5-,6?,8-/m1/s1. The Morgan fingerprint density at radius 3 is 3.00 bits per heavy atom. The minimum Gasteiger partial charge on any atom is -0.465 e. The summed E-state index contributed by atoms with van der Waals surface area (Å²) in [5, 5.41) is 8.56. The molecule has 2 radical (unpaired) electrons. The van der Waals surface area contributed by atoms with Crippen LogP contribution in [0.15, 0.2) is 0 Å². The van der Waals surface area contributed by atoms with E-state index in [1.165, 1.54) is 0 Å². The summed E-state index contributed by atoms with van der Waals surface area (Å²) < 4.78 is 4.82. The smallest absolute Gasteiger partial charge is 0.306 e. The molecule has 0 amide bonds. The number of aliphatic hydroxyl groups is 1. The summed E-state index contributed by atoms with van der Waals surface area (Å²) in [6, 6.07) is 0. The van der Waals surface area contributed by atoms with E-state index in [-0.39, 0.29) is 11.8 Å². The maximum absolute atomic E-state index is 11.2. The first-order valence-corrected chi connectivity index (χ1v) is 4.21. The molecular formula is C8H11BO3. The van der Waals surface area contributed by atoms with Gasteiger partial charge in [-0.1, -0.05) is 6.92 Å². The van der Waals surface area contributed by atoms with Crippen molar-refractivity contribution >= 4 is 13.8 Å². The minimum atomic E-state index is -1.11. The number of aliphatic hydroxyl groups excluding tert-OH is 1. The molecule has 2 fully saturated rings. The highest BCUT2D eigenvalue weighted by Gasteiger charge is 2.58. The first kappa shape index (κ1) is 8.11. The number of carbonyl (C=O) groups excluding carboxylic acids is 1. The lowest BCUT2D eigenvalue weighted by atomic mass is 9.62. The van der Waals surface area contributed by atoms with Crippen LogP contribution in [-0.4, -0.2) is 31.6 Å². The lowest BCUT2D eigenvalue weighted by Gasteiger charge is -2.24. The van der Waals surface area contributed by atoms with Crippen molar-refractivity contribution in [2.75, 3.05) is 6.61 Å². The summed E-state index contributed by atoms with van der Waals surface area (Å²) >= 11 is 0. The summed E-state index contributed by atoms with van der Waals surface area (Å²) in [5.74, 6) is -0.327. The van der Waals surface area contributed by atoms with E-state index >= 15 is 0 Å². The predicted molar refractivity (Wildman–Crippen MR) is 42.7 cm³/mol. The van der Waals surface area contributed by atoms with Crippen molar-refractivity contribution in [2.45, 2.75) is 24.8 Å². The molecule has 0 aromatic carbocycles. The van der Waals surface area contributed by atoms with E-state index in [0.29, 0.717) is 6.61 Å². The Kier molecular flexibility index (Phi) is 1.52. The number of rotatable bonds is 0. The third kappa shape index (κ3) is 0.737. The molecule has 4 heteroatoms. The van der Waals surface area contributed by atoms with Crippen LogP contribution >= 0.6 is 0 Å². The third-order valence-electron chi connectivity index (χ3n) is 3.13. The quantitative estimate of drug-likeness (QED) is 0.403. The Hall–Kier alpha value is -0.505. The minimum absolute atomic E-state index is 0.00926. The summed E-state index contributed by atoms with van der Waals surface area (Å²) in [7, 11) is 5.82. The summed E-state index contributed by atoms with van der Waals surface area (Å²) in [6.07, 6.45) is 0.0427. The summed E-state index contributed by atoms with van der Waals surface area (Å²) in [6.45, 7) is 2.28. The van der Waals surface area contributed by atoms with Crippen LogP contribution in [0.25, 0.3) is 0 Å². The Balaban J connectivity index is 2.34. The zero-order chi connectivity index (χ0) is 8.93. The van der Waals surface area contributed by atoms with Crippen LogP contribution < -0.4 is 0 Å². The van der Waals surface area contributed by atoms with Crippen LogP contribution in [0.2, 0.25) is 5.31 Å². The molecule has 1 aliphatic carbocycles. The fourth-order valence-corrected chi connectivity index (χ4v) is 2.28. The number of ether oxygens (including phenoxy) is 1. The van der Waals surface area contributed by atoms with Crippen molar-refractivity contribution in [1.29, 1.82) is 0 Å². The number of hydrogen-bond acceptors (Lipinski definition) is 3. The van der Waals surface area contributed by atoms with Crippen LogP contribution in [0.4, 0.5) is 0 Å². The van der Waals surface area contributed by atoms with Crippen molar-refractivity contribution in [3.63, 3.8) is 0 Å². The van der Waals surface area contributed by atoms with Crippen molar-refractivity contribution in [1.82, 2.24) is 0 Å². The molecule has 12 heavy (non-hydrogen) atoms. The second-order valence-corrected chi connectivity index (χ2v) is 3.89. The van der Waals surface area contributed by atoms with E-state index in [9.17, 15) is 9.90 Å². The topological polar surface area (TPSA) is 46.5 Å². The zero-order valence-electron chi connectivity index (χ0n) is 6.99. The lowest BCUT2D eigenvalue weighted by Crippen LogP contribution is -2.34. The van der Waals surface area contributed by atoms with Gasteiger partial charge in [0.25, 0.3) is 0 Å². The highest BCUT2D eigenvalue weighted by Crippen LogP contribution is 2.54. The molecule has 1 saturated carbocycles. The van der Waals surface area contributed by atoms with Gasteiger partial charge in [0, 0.05) is 5.92 Å². The van der Waals surface area contributed by atoms with Crippen molar-refractivity contribution < 1.29 is 14.6 Å². The molecule has 0 bridgehead atoms. The Bertz CT molecular complexity index is 226. The largest absolute Gasteiger partial charge is 0.465 e. The van der Waals surface area contributed by atoms with Gasteiger partial charge in [-0.15, -0.1) is 0 Å². The zero-order valence-corrected chi connectivity index (χ0v) is 6.99. The first-order chi connectivity index (χ1) is 5.56. The number of carbonyl (C=O) groups is 1. The molecule has 64 valence electrons. The SMILES string of the molecule is [B][C@]12C(=O)OC[C@H]1CC(C)C2O. The average molecular weight is 166 g/mol. The van der Waals surface area contributed by atoms with Crippen LogP contribution in [0.1, 0.15) is 13.3 Å². The monoisotopic (exact) mass is 166 g/mol. The first-order valence-electron chi connectivity index (χ1n) is 4.21. The molecule has 0 aromatic heterocycles. The fraction of sp³-hybridized carbons (Fsp3) is 0.875. The number of esters is 1. The van der Waals surface area contributed by atoms with Crippen LogP contribution in [0, 0.1) is 11.8 Å². The van der Waals surface area contributed by atoms with Crippen LogP contribution in [-0.2, 0) is 9.53 Å². The fourth-order valence-electron chi connectivity index (χ4n) is 2.28. The van der Waals surface area contributed by atoms with Crippen molar-refractivity contribution in [3.05, 3.63) is 0 Å². The molecule has 2 aliphatic rings. The molecule has 2 unspecified atom stereocenters. The molecule has 4 atom stereocenters. The van der Waals surface area contributed by atoms with Gasteiger partial charge in [-0.05, 0) is 12.3 Å². The van der Waals surface area contributed by atoms with E-state index in [2.05, 4.69) is 0 Å². The van der Waals surface area contributed by atoms with E-state index in [1.54, 1.807) is 0 Å². The molecule has 0 spiro atoms. The maximum atomic E-state index is 11.2. The molecule has 0 aromatic rings. The van der Waals surface area contributed by atoms with E-state index in [4.69, 9.17) is 12.6 Å². The van der Waals surface area contributed by atoms with Gasteiger partial charge in [-0.2, -0.15) is 0 Å². The average Bonchev–Trinajstić information content (AvgIpc) is 2.41. The van der Waals surface area contributed by atoms with Gasteiger partial charge in [0.1, 0.15) is 0 Å². The third-order valence-corrected chi connectivity index (χ3v) is 3.13. The Morgan fingerprint density at radius 1 is 1.75 bits per heavy atom. The number of hydrogen-bond donors (Lipinski definition) is 1. The van der Waals surface area contributed by atoms with E-state index in [0.717, 1.165) is 6.42 Å². The lowest BCUT2D eigenvalue weighted by molar-refractivity contribution is -0.143. The molecule has 3 nitrogen and oxygen atoms in total. The van der Waals surface area contributed by atoms with E-state index < -0.39 is 17.4 Å². The predicted octanol–water partition coefficient (Wildman–Crippen LogP) is -0.113.